The molecule has 0 radical (unpaired) electrons. The van der Waals surface area contributed by atoms with Crippen LogP contribution in [0.1, 0.15) is 28.9 Å². The molecule has 0 aliphatic carbocycles. The molecule has 0 aliphatic rings. The monoisotopic (exact) mass is 342 g/mol. The average molecular weight is 342 g/mol. The number of aromatic nitrogens is 2. The molecule has 2 N–H and O–H groups in total. The fourth-order valence-electron chi connectivity index (χ4n) is 2.23. The zero-order valence-corrected chi connectivity index (χ0v) is 14.3. The summed E-state index contributed by atoms with van der Waals surface area (Å²) >= 11 is 0. The van der Waals surface area contributed by atoms with E-state index in [1.54, 1.807) is 48.4 Å². The third-order valence-electron chi connectivity index (χ3n) is 3.84. The van der Waals surface area contributed by atoms with Crippen LogP contribution in [0.15, 0.2) is 49.3 Å². The predicted octanol–water partition coefficient (Wildman–Crippen LogP) is 1.52. The Morgan fingerprint density at radius 1 is 1.40 bits per heavy atom. The van der Waals surface area contributed by atoms with Gasteiger partial charge in [0.1, 0.15) is 0 Å². The van der Waals surface area contributed by atoms with Gasteiger partial charge < -0.3 is 15.3 Å². The Morgan fingerprint density at radius 2 is 2.08 bits per heavy atom. The molecular weight excluding hydrogens is 320 g/mol. The molecule has 2 rings (SSSR count). The zero-order chi connectivity index (χ0) is 18.4. The van der Waals surface area contributed by atoms with E-state index in [2.05, 4.69) is 17.0 Å². The number of hydrogen-bond donors (Lipinski definition) is 2. The maximum atomic E-state index is 12.2. The molecule has 1 aromatic carbocycles. The second kappa shape index (κ2) is 8.25. The number of nitrogens with one attached hydrogen (secondary N) is 1. The standard InChI is InChI=1S/C18H22N4O3/c1-4-17(24)21(3)15-8-6-13(7-9-15)18(25)19-11-16(23)14-10-20-22(5-2)12-14/h4,6-10,12,16,23H,1,5,11H2,2-3H3,(H,19,25). The first-order valence-electron chi connectivity index (χ1n) is 7.95. The highest BCUT2D eigenvalue weighted by Crippen LogP contribution is 2.15. The van der Waals surface area contributed by atoms with Gasteiger partial charge in [-0.2, -0.15) is 5.10 Å². The number of benzene rings is 1. The molecule has 25 heavy (non-hydrogen) atoms. The molecule has 1 heterocycles. The second-order valence-electron chi connectivity index (χ2n) is 5.50. The molecular formula is C18H22N4O3. The SMILES string of the molecule is C=CC(=O)N(C)c1ccc(C(=O)NCC(O)c2cnn(CC)c2)cc1. The first-order chi connectivity index (χ1) is 12.0. The third-order valence-corrected chi connectivity index (χ3v) is 3.84. The van der Waals surface area contributed by atoms with Gasteiger partial charge in [-0.05, 0) is 37.3 Å². The van der Waals surface area contributed by atoms with Gasteiger partial charge in [0.15, 0.2) is 0 Å². The van der Waals surface area contributed by atoms with Crippen molar-refractivity contribution < 1.29 is 14.7 Å². The number of aryl methyl sites for hydroxylation is 1. The summed E-state index contributed by atoms with van der Waals surface area (Å²) in [7, 11) is 1.63. The molecule has 7 heteroatoms. The van der Waals surface area contributed by atoms with Gasteiger partial charge in [0.05, 0.1) is 12.3 Å². The smallest absolute Gasteiger partial charge is 0.251 e. The first-order valence-corrected chi connectivity index (χ1v) is 7.95. The van der Waals surface area contributed by atoms with Crippen LogP contribution in [0.5, 0.6) is 0 Å². The molecule has 1 unspecified atom stereocenters. The van der Waals surface area contributed by atoms with E-state index >= 15 is 0 Å². The van der Waals surface area contributed by atoms with Crippen LogP contribution in [0.3, 0.4) is 0 Å². The quantitative estimate of drug-likeness (QED) is 0.747. The van der Waals surface area contributed by atoms with Crippen LogP contribution in [0.25, 0.3) is 0 Å². The molecule has 0 saturated carbocycles. The molecule has 1 atom stereocenters. The van der Waals surface area contributed by atoms with Crippen molar-refractivity contribution in [3.63, 3.8) is 0 Å². The van der Waals surface area contributed by atoms with Crippen molar-refractivity contribution in [3.05, 3.63) is 60.4 Å². The minimum Gasteiger partial charge on any atom is -0.386 e. The summed E-state index contributed by atoms with van der Waals surface area (Å²) in [6, 6.07) is 6.61. The maximum Gasteiger partial charge on any atom is 0.251 e. The topological polar surface area (TPSA) is 87.5 Å². The Balaban J connectivity index is 1.94. The summed E-state index contributed by atoms with van der Waals surface area (Å²) in [6.07, 6.45) is 3.74. The van der Waals surface area contributed by atoms with Gasteiger partial charge in [-0.15, -0.1) is 0 Å². The summed E-state index contributed by atoms with van der Waals surface area (Å²) in [5, 5.41) is 16.9. The van der Waals surface area contributed by atoms with Crippen molar-refractivity contribution in [1.29, 1.82) is 0 Å². The highest BCUT2D eigenvalue weighted by atomic mass is 16.3. The molecule has 132 valence electrons. The van der Waals surface area contributed by atoms with Crippen LogP contribution in [-0.4, -0.2) is 40.3 Å². The van der Waals surface area contributed by atoms with Crippen LogP contribution in [0, 0.1) is 0 Å². The van der Waals surface area contributed by atoms with Gasteiger partial charge in [0, 0.05) is 43.1 Å². The highest BCUT2D eigenvalue weighted by molar-refractivity contribution is 6.01. The molecule has 0 bridgehead atoms. The summed E-state index contributed by atoms with van der Waals surface area (Å²) in [5.41, 5.74) is 1.76. The Labute approximate surface area is 146 Å². The third kappa shape index (κ3) is 4.54. The van der Waals surface area contributed by atoms with E-state index in [1.807, 2.05) is 6.92 Å². The Kier molecular flexibility index (Phi) is 6.08. The van der Waals surface area contributed by atoms with Gasteiger partial charge in [-0.3, -0.25) is 14.3 Å². The zero-order valence-electron chi connectivity index (χ0n) is 14.3. The number of anilines is 1. The molecule has 1 aromatic heterocycles. The maximum absolute atomic E-state index is 12.2. The predicted molar refractivity (Wildman–Crippen MR) is 95.2 cm³/mol. The molecule has 0 saturated heterocycles. The van der Waals surface area contributed by atoms with Crippen molar-refractivity contribution in [3.8, 4) is 0 Å². The Morgan fingerprint density at radius 3 is 2.64 bits per heavy atom. The molecule has 7 nitrogen and oxygen atoms in total. The fraction of sp³-hybridized carbons (Fsp3) is 0.278. The van der Waals surface area contributed by atoms with Gasteiger partial charge in [0.25, 0.3) is 5.91 Å². The van der Waals surface area contributed by atoms with E-state index in [9.17, 15) is 14.7 Å². The van der Waals surface area contributed by atoms with Crippen LogP contribution >= 0.6 is 0 Å². The minimum atomic E-state index is -0.820. The van der Waals surface area contributed by atoms with Gasteiger partial charge in [-0.25, -0.2) is 0 Å². The number of carbonyl (C=O) groups is 2. The summed E-state index contributed by atoms with van der Waals surface area (Å²) in [6.45, 7) is 6.20. The molecule has 2 amide bonds. The molecule has 2 aromatic rings. The molecule has 0 fully saturated rings. The number of likely N-dealkylation sites (N-methyl/N-ethyl adjacent to an activating group) is 1. The van der Waals surface area contributed by atoms with E-state index < -0.39 is 6.10 Å². The first kappa shape index (κ1) is 18.4. The van der Waals surface area contributed by atoms with Crippen LogP contribution < -0.4 is 10.2 Å². The van der Waals surface area contributed by atoms with E-state index in [0.29, 0.717) is 23.4 Å². The van der Waals surface area contributed by atoms with Crippen molar-refractivity contribution in [2.75, 3.05) is 18.5 Å². The Bertz CT molecular complexity index is 752. The van der Waals surface area contributed by atoms with Crippen LogP contribution in [0.4, 0.5) is 5.69 Å². The Hall–Kier alpha value is -2.93. The highest BCUT2D eigenvalue weighted by Gasteiger charge is 2.13. The van der Waals surface area contributed by atoms with Crippen molar-refractivity contribution in [1.82, 2.24) is 15.1 Å². The number of nitrogens with zero attached hydrogens (tertiary/aromatic N) is 3. The average Bonchev–Trinajstić information content (AvgIpc) is 3.14. The second-order valence-corrected chi connectivity index (χ2v) is 5.50. The molecule has 0 aliphatic heterocycles. The number of aliphatic hydroxyl groups is 1. The lowest BCUT2D eigenvalue weighted by atomic mass is 10.1. The number of rotatable bonds is 7. The largest absolute Gasteiger partial charge is 0.386 e. The number of aliphatic hydroxyl groups excluding tert-OH is 1. The van der Waals surface area contributed by atoms with E-state index in [-0.39, 0.29) is 18.4 Å². The van der Waals surface area contributed by atoms with Gasteiger partial charge in [-0.1, -0.05) is 6.58 Å². The summed E-state index contributed by atoms with van der Waals surface area (Å²) < 4.78 is 1.71. The fourth-order valence-corrected chi connectivity index (χ4v) is 2.23. The summed E-state index contributed by atoms with van der Waals surface area (Å²) in [5.74, 6) is -0.529. The number of amides is 2. The number of hydrogen-bond acceptors (Lipinski definition) is 4. The van der Waals surface area contributed by atoms with Gasteiger partial charge >= 0.3 is 0 Å². The van der Waals surface area contributed by atoms with E-state index in [0.717, 1.165) is 0 Å². The minimum absolute atomic E-state index is 0.0881. The van der Waals surface area contributed by atoms with Crippen molar-refractivity contribution in [2.24, 2.45) is 0 Å². The van der Waals surface area contributed by atoms with Crippen LogP contribution in [0.2, 0.25) is 0 Å². The normalized spacial score (nSPS) is 11.6. The molecule has 0 spiro atoms. The van der Waals surface area contributed by atoms with Crippen molar-refractivity contribution >= 4 is 17.5 Å². The lowest BCUT2D eigenvalue weighted by molar-refractivity contribution is -0.113. The van der Waals surface area contributed by atoms with E-state index in [1.165, 1.54) is 11.0 Å². The van der Waals surface area contributed by atoms with Crippen molar-refractivity contribution in [2.45, 2.75) is 19.6 Å². The van der Waals surface area contributed by atoms with E-state index in [4.69, 9.17) is 0 Å². The number of carbonyl (C=O) groups excluding carboxylic acids is 2. The summed E-state index contributed by atoms with van der Waals surface area (Å²) in [4.78, 5) is 25.2. The van der Waals surface area contributed by atoms with Crippen LogP contribution in [-0.2, 0) is 11.3 Å². The lowest BCUT2D eigenvalue weighted by Gasteiger charge is -2.15. The lowest BCUT2D eigenvalue weighted by Crippen LogP contribution is -2.28. The van der Waals surface area contributed by atoms with Gasteiger partial charge in [0.2, 0.25) is 5.91 Å².